The number of anilines is 2. The zero-order valence-electron chi connectivity index (χ0n) is 18.2. The van der Waals surface area contributed by atoms with E-state index >= 15 is 0 Å². The topological polar surface area (TPSA) is 92.8 Å². The molecule has 1 aliphatic rings. The Labute approximate surface area is 192 Å². The van der Waals surface area contributed by atoms with Crippen molar-refractivity contribution in [1.29, 1.82) is 0 Å². The van der Waals surface area contributed by atoms with Crippen LogP contribution in [0.4, 0.5) is 11.4 Å². The number of rotatable bonds is 7. The number of sulfone groups is 1. The number of nitrogens with one attached hydrogen (secondary N) is 1. The number of hydrogen-bond donors (Lipinski definition) is 1. The third-order valence-electron chi connectivity index (χ3n) is 5.45. The largest absolute Gasteiger partial charge is 0.495 e. The maximum Gasteiger partial charge on any atom is 0.255 e. The first-order valence-electron chi connectivity index (χ1n) is 10.5. The lowest BCUT2D eigenvalue weighted by Crippen LogP contribution is -2.24. The normalized spacial score (nSPS) is 13.7. The van der Waals surface area contributed by atoms with Crippen molar-refractivity contribution in [2.75, 3.05) is 23.9 Å². The molecule has 0 radical (unpaired) electrons. The molecular formula is C25H24N2O5S. The average molecular weight is 465 g/mol. The Morgan fingerprint density at radius 3 is 2.52 bits per heavy atom. The predicted molar refractivity (Wildman–Crippen MR) is 126 cm³/mol. The lowest BCUT2D eigenvalue weighted by atomic mass is 10.1. The number of hydrogen-bond acceptors (Lipinski definition) is 5. The minimum absolute atomic E-state index is 0.0177. The molecule has 7 nitrogen and oxygen atoms in total. The molecule has 0 unspecified atom stereocenters. The van der Waals surface area contributed by atoms with Crippen molar-refractivity contribution < 1.29 is 22.7 Å². The van der Waals surface area contributed by atoms with Crippen LogP contribution in [0.15, 0.2) is 77.7 Å². The summed E-state index contributed by atoms with van der Waals surface area (Å²) in [4.78, 5) is 27.0. The Morgan fingerprint density at radius 2 is 1.82 bits per heavy atom. The highest BCUT2D eigenvalue weighted by Gasteiger charge is 2.25. The van der Waals surface area contributed by atoms with Crippen LogP contribution in [0, 0.1) is 0 Å². The molecule has 2 amide bonds. The Morgan fingerprint density at radius 1 is 1.03 bits per heavy atom. The molecule has 0 aliphatic carbocycles. The number of ether oxygens (including phenoxy) is 1. The first-order chi connectivity index (χ1) is 15.9. The maximum atomic E-state index is 12.9. The van der Waals surface area contributed by atoms with Crippen LogP contribution in [0.3, 0.4) is 0 Å². The molecule has 0 saturated carbocycles. The summed E-state index contributed by atoms with van der Waals surface area (Å²) in [6.07, 6.45) is 1.26. The predicted octanol–water partition coefficient (Wildman–Crippen LogP) is 4.05. The number of carbonyl (C=O) groups excluding carboxylic acids is 2. The summed E-state index contributed by atoms with van der Waals surface area (Å²) in [6, 6.07) is 19.9. The van der Waals surface area contributed by atoms with Crippen molar-refractivity contribution in [3.8, 4) is 5.75 Å². The van der Waals surface area contributed by atoms with E-state index in [9.17, 15) is 18.0 Å². The molecular weight excluding hydrogens is 440 g/mol. The van der Waals surface area contributed by atoms with Crippen LogP contribution < -0.4 is 15.0 Å². The van der Waals surface area contributed by atoms with Gasteiger partial charge >= 0.3 is 0 Å². The van der Waals surface area contributed by atoms with E-state index in [0.717, 1.165) is 6.42 Å². The van der Waals surface area contributed by atoms with Crippen molar-refractivity contribution in [3.63, 3.8) is 0 Å². The highest BCUT2D eigenvalue weighted by Crippen LogP contribution is 2.34. The smallest absolute Gasteiger partial charge is 0.255 e. The third kappa shape index (κ3) is 5.06. The van der Waals surface area contributed by atoms with Crippen LogP contribution in [0.2, 0.25) is 0 Å². The fourth-order valence-electron chi connectivity index (χ4n) is 3.82. The fraction of sp³-hybridized carbons (Fsp3) is 0.200. The monoisotopic (exact) mass is 464 g/mol. The zero-order chi connectivity index (χ0) is 23.4. The van der Waals surface area contributed by atoms with Gasteiger partial charge in [-0.3, -0.25) is 9.59 Å². The minimum atomic E-state index is -3.53. The summed E-state index contributed by atoms with van der Waals surface area (Å²) in [6.45, 7) is 0.602. The van der Waals surface area contributed by atoms with Gasteiger partial charge in [0.1, 0.15) is 5.75 Å². The van der Waals surface area contributed by atoms with E-state index in [1.807, 2.05) is 0 Å². The highest BCUT2D eigenvalue weighted by atomic mass is 32.2. The number of carbonyl (C=O) groups is 2. The SMILES string of the molecule is COc1ccc(NC(=O)c2cccc(CS(=O)(=O)c3ccccc3)c2)cc1N1CCCC1=O. The molecule has 0 atom stereocenters. The van der Waals surface area contributed by atoms with Gasteiger partial charge in [-0.05, 0) is 54.4 Å². The van der Waals surface area contributed by atoms with Crippen molar-refractivity contribution in [2.45, 2.75) is 23.5 Å². The van der Waals surface area contributed by atoms with E-state index in [0.29, 0.717) is 41.2 Å². The van der Waals surface area contributed by atoms with Gasteiger partial charge in [0.15, 0.2) is 9.84 Å². The van der Waals surface area contributed by atoms with E-state index in [1.54, 1.807) is 77.7 Å². The van der Waals surface area contributed by atoms with Gasteiger partial charge in [0.25, 0.3) is 5.91 Å². The zero-order valence-corrected chi connectivity index (χ0v) is 19.0. The molecule has 4 rings (SSSR count). The number of benzene rings is 3. The molecule has 170 valence electrons. The second-order valence-corrected chi connectivity index (χ2v) is 9.75. The second-order valence-electron chi connectivity index (χ2n) is 7.76. The standard InChI is InChI=1S/C25H24N2O5S/c1-32-23-13-12-20(16-22(23)27-14-6-11-24(27)28)26-25(29)19-8-5-7-18(15-19)17-33(30,31)21-9-3-2-4-10-21/h2-5,7-10,12-13,15-16H,6,11,14,17H2,1H3,(H,26,29). The Kier molecular flexibility index (Phi) is 6.46. The number of amides is 2. The van der Waals surface area contributed by atoms with Crippen LogP contribution in [-0.2, 0) is 20.4 Å². The van der Waals surface area contributed by atoms with Gasteiger partial charge in [-0.15, -0.1) is 0 Å². The second kappa shape index (κ2) is 9.46. The molecule has 0 aromatic heterocycles. The van der Waals surface area contributed by atoms with E-state index in [2.05, 4.69) is 5.32 Å². The van der Waals surface area contributed by atoms with Crippen molar-refractivity contribution in [3.05, 3.63) is 83.9 Å². The number of methoxy groups -OCH3 is 1. The van der Waals surface area contributed by atoms with Crippen LogP contribution in [-0.4, -0.2) is 33.9 Å². The summed E-state index contributed by atoms with van der Waals surface area (Å²) in [5, 5.41) is 2.83. The third-order valence-corrected chi connectivity index (χ3v) is 7.15. The Balaban J connectivity index is 1.53. The lowest BCUT2D eigenvalue weighted by Gasteiger charge is -2.20. The molecule has 0 bridgehead atoms. The highest BCUT2D eigenvalue weighted by molar-refractivity contribution is 7.90. The van der Waals surface area contributed by atoms with Gasteiger partial charge in [-0.1, -0.05) is 30.3 Å². The quantitative estimate of drug-likeness (QED) is 0.570. The molecule has 3 aromatic rings. The molecule has 8 heteroatoms. The minimum Gasteiger partial charge on any atom is -0.495 e. The van der Waals surface area contributed by atoms with Gasteiger partial charge in [0, 0.05) is 24.2 Å². The Hall–Kier alpha value is -3.65. The van der Waals surface area contributed by atoms with Crippen LogP contribution in [0.1, 0.15) is 28.8 Å². The average Bonchev–Trinajstić information content (AvgIpc) is 3.25. The molecule has 1 heterocycles. The molecule has 1 fully saturated rings. The van der Waals surface area contributed by atoms with Crippen molar-refractivity contribution >= 4 is 33.0 Å². The summed E-state index contributed by atoms with van der Waals surface area (Å²) < 4.78 is 30.7. The number of nitrogens with zero attached hydrogens (tertiary/aromatic N) is 1. The van der Waals surface area contributed by atoms with E-state index < -0.39 is 9.84 Å². The van der Waals surface area contributed by atoms with E-state index in [4.69, 9.17) is 4.74 Å². The van der Waals surface area contributed by atoms with Crippen LogP contribution in [0.5, 0.6) is 5.75 Å². The first kappa shape index (κ1) is 22.5. The van der Waals surface area contributed by atoms with Gasteiger partial charge in [-0.25, -0.2) is 8.42 Å². The first-order valence-corrected chi connectivity index (χ1v) is 12.2. The summed E-state index contributed by atoms with van der Waals surface area (Å²) in [7, 11) is -1.99. The molecule has 1 saturated heterocycles. The molecule has 1 N–H and O–H groups in total. The van der Waals surface area contributed by atoms with Gasteiger partial charge in [0.05, 0.1) is 23.4 Å². The van der Waals surface area contributed by atoms with E-state index in [-0.39, 0.29) is 22.5 Å². The van der Waals surface area contributed by atoms with Crippen molar-refractivity contribution in [2.24, 2.45) is 0 Å². The fourth-order valence-corrected chi connectivity index (χ4v) is 5.17. The van der Waals surface area contributed by atoms with E-state index in [1.165, 1.54) is 7.11 Å². The molecule has 33 heavy (non-hydrogen) atoms. The molecule has 1 aliphatic heterocycles. The summed E-state index contributed by atoms with van der Waals surface area (Å²) in [5.74, 6) is -0.0136. The summed E-state index contributed by atoms with van der Waals surface area (Å²) in [5.41, 5.74) is 1.98. The maximum absolute atomic E-state index is 12.9. The van der Waals surface area contributed by atoms with Gasteiger partial charge in [-0.2, -0.15) is 0 Å². The molecule has 0 spiro atoms. The lowest BCUT2D eigenvalue weighted by molar-refractivity contribution is -0.117. The molecule has 3 aromatic carbocycles. The van der Waals surface area contributed by atoms with Crippen LogP contribution in [0.25, 0.3) is 0 Å². The van der Waals surface area contributed by atoms with Gasteiger partial charge < -0.3 is 15.0 Å². The summed E-state index contributed by atoms with van der Waals surface area (Å²) >= 11 is 0. The van der Waals surface area contributed by atoms with Crippen LogP contribution >= 0.6 is 0 Å². The van der Waals surface area contributed by atoms with Gasteiger partial charge in [0.2, 0.25) is 5.91 Å². The Bertz CT molecular complexity index is 1290. The van der Waals surface area contributed by atoms with Crippen molar-refractivity contribution in [1.82, 2.24) is 0 Å².